The Labute approximate surface area is 187 Å². The molecule has 0 aliphatic carbocycles. The summed E-state index contributed by atoms with van der Waals surface area (Å²) in [4.78, 5) is 14.3. The Morgan fingerprint density at radius 2 is 1.72 bits per heavy atom. The van der Waals surface area contributed by atoms with Crippen molar-refractivity contribution in [3.63, 3.8) is 0 Å². The number of carbonyl (C=O) groups is 1. The molecule has 5 aromatic rings. The number of thiophene rings is 1. The van der Waals surface area contributed by atoms with E-state index in [-0.39, 0.29) is 11.7 Å². The maximum absolute atomic E-state index is 13.3. The predicted molar refractivity (Wildman–Crippen MR) is 125 cm³/mol. The van der Waals surface area contributed by atoms with Crippen molar-refractivity contribution in [1.29, 1.82) is 0 Å². The maximum atomic E-state index is 13.3. The van der Waals surface area contributed by atoms with Crippen LogP contribution in [0.15, 0.2) is 84.9 Å². The van der Waals surface area contributed by atoms with Crippen molar-refractivity contribution in [2.24, 2.45) is 0 Å². The third-order valence-electron chi connectivity index (χ3n) is 4.91. The van der Waals surface area contributed by atoms with E-state index >= 15 is 0 Å². The van der Waals surface area contributed by atoms with Crippen LogP contribution >= 0.6 is 11.3 Å². The molecule has 0 saturated heterocycles. The summed E-state index contributed by atoms with van der Waals surface area (Å²) in [5, 5.41) is 8.37. The highest BCUT2D eigenvalue weighted by molar-refractivity contribution is 7.20. The van der Waals surface area contributed by atoms with Crippen LogP contribution in [0.4, 0.5) is 10.1 Å². The first-order valence-corrected chi connectivity index (χ1v) is 10.8. The molecule has 1 N–H and O–H groups in total. The van der Waals surface area contributed by atoms with Gasteiger partial charge >= 0.3 is 0 Å². The minimum atomic E-state index is -0.307. The molecule has 2 heterocycles. The fourth-order valence-electron chi connectivity index (χ4n) is 3.37. The van der Waals surface area contributed by atoms with Gasteiger partial charge in [-0.15, -0.1) is 11.3 Å². The van der Waals surface area contributed by atoms with Crippen LogP contribution in [0.5, 0.6) is 11.5 Å². The predicted octanol–water partition coefficient (Wildman–Crippen LogP) is 6.58. The van der Waals surface area contributed by atoms with Crippen LogP contribution in [-0.4, -0.2) is 15.7 Å². The number of amides is 1. The van der Waals surface area contributed by atoms with Crippen molar-refractivity contribution in [2.45, 2.75) is 6.92 Å². The third kappa shape index (κ3) is 3.98. The van der Waals surface area contributed by atoms with E-state index in [1.165, 1.54) is 23.5 Å². The third-order valence-corrected chi connectivity index (χ3v) is 6.02. The molecule has 0 atom stereocenters. The largest absolute Gasteiger partial charge is 0.457 e. The number of nitrogens with one attached hydrogen (secondary N) is 1. The first-order chi connectivity index (χ1) is 15.6. The van der Waals surface area contributed by atoms with Gasteiger partial charge in [0, 0.05) is 17.1 Å². The zero-order valence-corrected chi connectivity index (χ0v) is 17.9. The molecular weight excluding hydrogens is 425 g/mol. The van der Waals surface area contributed by atoms with Crippen molar-refractivity contribution >= 4 is 33.1 Å². The molecule has 32 heavy (non-hydrogen) atoms. The Morgan fingerprint density at radius 1 is 0.969 bits per heavy atom. The van der Waals surface area contributed by atoms with E-state index in [9.17, 15) is 9.18 Å². The molecule has 0 aliphatic heterocycles. The van der Waals surface area contributed by atoms with Crippen LogP contribution < -0.4 is 10.1 Å². The number of para-hydroxylation sites is 1. The summed E-state index contributed by atoms with van der Waals surface area (Å²) in [5.74, 6) is 0.834. The smallest absolute Gasteiger partial charge is 0.265 e. The van der Waals surface area contributed by atoms with E-state index < -0.39 is 0 Å². The highest BCUT2D eigenvalue weighted by atomic mass is 32.1. The van der Waals surface area contributed by atoms with Gasteiger partial charge in [0.25, 0.3) is 5.91 Å². The number of rotatable bonds is 5. The number of hydrogen-bond donors (Lipinski definition) is 1. The van der Waals surface area contributed by atoms with Crippen LogP contribution in [-0.2, 0) is 0 Å². The number of benzene rings is 3. The molecule has 0 aliphatic rings. The van der Waals surface area contributed by atoms with Gasteiger partial charge in [-0.25, -0.2) is 9.07 Å². The van der Waals surface area contributed by atoms with Crippen molar-refractivity contribution < 1.29 is 13.9 Å². The van der Waals surface area contributed by atoms with Gasteiger partial charge < -0.3 is 10.1 Å². The molecule has 0 spiro atoms. The van der Waals surface area contributed by atoms with E-state index in [0.29, 0.717) is 16.3 Å². The minimum absolute atomic E-state index is 0.215. The Hall–Kier alpha value is -3.97. The summed E-state index contributed by atoms with van der Waals surface area (Å²) in [6, 6.07) is 24.7. The summed E-state index contributed by atoms with van der Waals surface area (Å²) >= 11 is 1.34. The normalized spacial score (nSPS) is 10.9. The molecule has 158 valence electrons. The molecule has 1 amide bonds. The van der Waals surface area contributed by atoms with Gasteiger partial charge in [0.1, 0.15) is 22.1 Å². The highest BCUT2D eigenvalue weighted by Gasteiger charge is 2.17. The Morgan fingerprint density at radius 3 is 2.50 bits per heavy atom. The van der Waals surface area contributed by atoms with Gasteiger partial charge in [-0.3, -0.25) is 4.79 Å². The van der Waals surface area contributed by atoms with E-state index in [1.807, 2.05) is 61.5 Å². The van der Waals surface area contributed by atoms with E-state index in [1.54, 1.807) is 22.9 Å². The van der Waals surface area contributed by atoms with Gasteiger partial charge in [0.05, 0.1) is 16.3 Å². The number of halogens is 1. The van der Waals surface area contributed by atoms with Gasteiger partial charge in [0.2, 0.25) is 0 Å². The lowest BCUT2D eigenvalue weighted by molar-refractivity contribution is 0.103. The molecule has 0 fully saturated rings. The van der Waals surface area contributed by atoms with Crippen LogP contribution in [0, 0.1) is 12.7 Å². The van der Waals surface area contributed by atoms with Crippen molar-refractivity contribution in [3.8, 4) is 17.2 Å². The van der Waals surface area contributed by atoms with E-state index in [0.717, 1.165) is 27.3 Å². The number of aryl methyl sites for hydroxylation is 1. The molecule has 7 heteroatoms. The number of fused-ring (bicyclic) bond motifs is 1. The number of hydrogen-bond acceptors (Lipinski definition) is 4. The number of anilines is 1. The molecule has 0 unspecified atom stereocenters. The van der Waals surface area contributed by atoms with Gasteiger partial charge in [-0.05, 0) is 61.5 Å². The second-order valence-corrected chi connectivity index (χ2v) is 8.23. The minimum Gasteiger partial charge on any atom is -0.457 e. The molecule has 5 nitrogen and oxygen atoms in total. The number of ether oxygens (including phenoxy) is 1. The van der Waals surface area contributed by atoms with Gasteiger partial charge in [-0.1, -0.05) is 24.3 Å². The van der Waals surface area contributed by atoms with E-state index in [4.69, 9.17) is 4.74 Å². The maximum Gasteiger partial charge on any atom is 0.265 e. The highest BCUT2D eigenvalue weighted by Crippen LogP contribution is 2.31. The summed E-state index contributed by atoms with van der Waals surface area (Å²) in [6.45, 7) is 1.89. The molecule has 5 rings (SSSR count). The van der Waals surface area contributed by atoms with Gasteiger partial charge in [0.15, 0.2) is 0 Å². The fourth-order valence-corrected chi connectivity index (χ4v) is 4.45. The molecule has 2 aromatic heterocycles. The van der Waals surface area contributed by atoms with Crippen LogP contribution in [0.1, 0.15) is 15.4 Å². The first kappa shape index (κ1) is 20.0. The second kappa shape index (κ2) is 8.28. The summed E-state index contributed by atoms with van der Waals surface area (Å²) < 4.78 is 20.9. The fraction of sp³-hybridized carbons (Fsp3) is 0.0400. The first-order valence-electron chi connectivity index (χ1n) is 9.96. The molecule has 0 bridgehead atoms. The lowest BCUT2D eigenvalue weighted by Crippen LogP contribution is -2.10. The quantitative estimate of drug-likeness (QED) is 0.334. The Bertz CT molecular complexity index is 1410. The van der Waals surface area contributed by atoms with Crippen molar-refractivity contribution in [3.05, 3.63) is 101 Å². The zero-order valence-electron chi connectivity index (χ0n) is 17.1. The van der Waals surface area contributed by atoms with Crippen LogP contribution in [0.25, 0.3) is 15.9 Å². The Kier molecular flexibility index (Phi) is 5.17. The number of aromatic nitrogens is 2. The monoisotopic (exact) mass is 443 g/mol. The average Bonchev–Trinajstić information content (AvgIpc) is 3.36. The number of carbonyl (C=O) groups excluding carboxylic acids is 1. The lowest BCUT2D eigenvalue weighted by atomic mass is 10.2. The summed E-state index contributed by atoms with van der Waals surface area (Å²) in [7, 11) is 0. The second-order valence-electron chi connectivity index (χ2n) is 7.20. The SMILES string of the molecule is Cc1nn(-c2ccc(F)cc2)c2sc(C(=O)Nc3cccc(Oc4ccccc4)c3)cc12. The van der Waals surface area contributed by atoms with Crippen molar-refractivity contribution in [1.82, 2.24) is 9.78 Å². The summed E-state index contributed by atoms with van der Waals surface area (Å²) in [6.07, 6.45) is 0. The van der Waals surface area contributed by atoms with Gasteiger partial charge in [-0.2, -0.15) is 5.10 Å². The summed E-state index contributed by atoms with van der Waals surface area (Å²) in [5.41, 5.74) is 2.18. The average molecular weight is 444 g/mol. The number of nitrogens with zero attached hydrogens (tertiary/aromatic N) is 2. The van der Waals surface area contributed by atoms with Crippen LogP contribution in [0.3, 0.4) is 0 Å². The lowest BCUT2D eigenvalue weighted by Gasteiger charge is -2.08. The molecule has 3 aromatic carbocycles. The molecular formula is C25H18FN3O2S. The van der Waals surface area contributed by atoms with Crippen LogP contribution in [0.2, 0.25) is 0 Å². The topological polar surface area (TPSA) is 56.2 Å². The standard InChI is InChI=1S/C25H18FN3O2S/c1-16-22-15-23(32-25(22)29(28-16)19-12-10-17(26)11-13-19)24(30)27-18-6-5-9-21(14-18)31-20-7-3-2-4-8-20/h2-15H,1H3,(H,27,30). The molecule has 0 saturated carbocycles. The Balaban J connectivity index is 1.39. The van der Waals surface area contributed by atoms with Crippen molar-refractivity contribution in [2.75, 3.05) is 5.32 Å². The van der Waals surface area contributed by atoms with E-state index in [2.05, 4.69) is 10.4 Å². The zero-order chi connectivity index (χ0) is 22.1. The molecule has 0 radical (unpaired) electrons.